The van der Waals surface area contributed by atoms with Crippen LogP contribution in [-0.4, -0.2) is 47.8 Å². The van der Waals surface area contributed by atoms with Gasteiger partial charge in [-0.3, -0.25) is 14.5 Å². The summed E-state index contributed by atoms with van der Waals surface area (Å²) in [5.74, 6) is -0.360. The standard InChI is InChI=1S/C15H21N3O2/c1-17(10-14(16)19)11-15(20)18(13-7-8-13)9-12-5-3-2-4-6-12/h2-6,13H,7-11H2,1H3,(H2,16,19). The van der Waals surface area contributed by atoms with Crippen molar-refractivity contribution in [1.82, 2.24) is 9.80 Å². The summed E-state index contributed by atoms with van der Waals surface area (Å²) in [6.45, 7) is 0.969. The highest BCUT2D eigenvalue weighted by atomic mass is 16.2. The van der Waals surface area contributed by atoms with Gasteiger partial charge in [0.2, 0.25) is 11.8 Å². The van der Waals surface area contributed by atoms with Crippen LogP contribution in [0.5, 0.6) is 0 Å². The topological polar surface area (TPSA) is 66.6 Å². The fourth-order valence-corrected chi connectivity index (χ4v) is 2.23. The van der Waals surface area contributed by atoms with E-state index >= 15 is 0 Å². The van der Waals surface area contributed by atoms with E-state index in [0.717, 1.165) is 18.4 Å². The summed E-state index contributed by atoms with van der Waals surface area (Å²) in [6.07, 6.45) is 2.14. The van der Waals surface area contributed by atoms with Gasteiger partial charge in [0.05, 0.1) is 13.1 Å². The van der Waals surface area contributed by atoms with E-state index in [4.69, 9.17) is 5.73 Å². The summed E-state index contributed by atoms with van der Waals surface area (Å²) in [5.41, 5.74) is 6.27. The highest BCUT2D eigenvalue weighted by Crippen LogP contribution is 2.28. The lowest BCUT2D eigenvalue weighted by atomic mass is 10.2. The van der Waals surface area contributed by atoms with Gasteiger partial charge in [-0.15, -0.1) is 0 Å². The van der Waals surface area contributed by atoms with Gasteiger partial charge in [-0.1, -0.05) is 30.3 Å². The molecule has 2 amide bonds. The number of rotatable bonds is 7. The number of likely N-dealkylation sites (N-methyl/N-ethyl adjacent to an activating group) is 1. The van der Waals surface area contributed by atoms with Crippen molar-refractivity contribution in [3.63, 3.8) is 0 Å². The van der Waals surface area contributed by atoms with Gasteiger partial charge >= 0.3 is 0 Å². The first kappa shape index (κ1) is 14.5. The van der Waals surface area contributed by atoms with E-state index in [1.54, 1.807) is 11.9 Å². The van der Waals surface area contributed by atoms with E-state index in [1.165, 1.54) is 0 Å². The van der Waals surface area contributed by atoms with E-state index in [0.29, 0.717) is 12.6 Å². The van der Waals surface area contributed by atoms with Gasteiger partial charge in [-0.25, -0.2) is 0 Å². The zero-order chi connectivity index (χ0) is 14.5. The van der Waals surface area contributed by atoms with Crippen molar-refractivity contribution in [2.24, 2.45) is 5.73 Å². The number of amides is 2. The zero-order valence-electron chi connectivity index (χ0n) is 11.8. The maximum absolute atomic E-state index is 12.4. The maximum Gasteiger partial charge on any atom is 0.237 e. The second kappa shape index (κ2) is 6.52. The second-order valence-electron chi connectivity index (χ2n) is 5.38. The van der Waals surface area contributed by atoms with Crippen molar-refractivity contribution < 1.29 is 9.59 Å². The zero-order valence-corrected chi connectivity index (χ0v) is 11.8. The molecule has 108 valence electrons. The first-order valence-electron chi connectivity index (χ1n) is 6.86. The van der Waals surface area contributed by atoms with E-state index in [1.807, 2.05) is 35.2 Å². The van der Waals surface area contributed by atoms with Gasteiger partial charge in [-0.2, -0.15) is 0 Å². The lowest BCUT2D eigenvalue weighted by Crippen LogP contribution is -2.42. The van der Waals surface area contributed by atoms with Gasteiger partial charge < -0.3 is 10.6 Å². The van der Waals surface area contributed by atoms with Crippen LogP contribution in [0, 0.1) is 0 Å². The minimum atomic E-state index is -0.415. The van der Waals surface area contributed by atoms with Gasteiger partial charge in [0.15, 0.2) is 0 Å². The third-order valence-electron chi connectivity index (χ3n) is 3.33. The quantitative estimate of drug-likeness (QED) is 0.792. The van der Waals surface area contributed by atoms with Gasteiger partial charge in [0, 0.05) is 12.6 Å². The van der Waals surface area contributed by atoms with Crippen LogP contribution in [-0.2, 0) is 16.1 Å². The summed E-state index contributed by atoms with van der Waals surface area (Å²) in [7, 11) is 1.73. The highest BCUT2D eigenvalue weighted by Gasteiger charge is 2.32. The third-order valence-corrected chi connectivity index (χ3v) is 3.33. The molecular weight excluding hydrogens is 254 g/mol. The molecule has 20 heavy (non-hydrogen) atoms. The Kier molecular flexibility index (Phi) is 4.74. The Morgan fingerprint density at radius 2 is 1.85 bits per heavy atom. The van der Waals surface area contributed by atoms with Gasteiger partial charge in [0.25, 0.3) is 0 Å². The molecule has 0 atom stereocenters. The molecule has 1 aromatic carbocycles. The fraction of sp³-hybridized carbons (Fsp3) is 0.467. The number of carbonyl (C=O) groups is 2. The minimum absolute atomic E-state index is 0.0557. The summed E-state index contributed by atoms with van der Waals surface area (Å²) in [5, 5.41) is 0. The smallest absolute Gasteiger partial charge is 0.237 e. The Balaban J connectivity index is 1.94. The molecule has 1 aliphatic carbocycles. The van der Waals surface area contributed by atoms with Crippen LogP contribution in [0.1, 0.15) is 18.4 Å². The molecule has 5 nitrogen and oxygen atoms in total. The molecule has 0 aliphatic heterocycles. The van der Waals surface area contributed by atoms with Crippen LogP contribution >= 0.6 is 0 Å². The van der Waals surface area contributed by atoms with Crippen LogP contribution in [0.2, 0.25) is 0 Å². The molecule has 1 saturated carbocycles. The number of carbonyl (C=O) groups excluding carboxylic acids is 2. The molecule has 1 aliphatic rings. The molecule has 0 heterocycles. The van der Waals surface area contributed by atoms with E-state index in [2.05, 4.69) is 0 Å². The SMILES string of the molecule is CN(CC(N)=O)CC(=O)N(Cc1ccccc1)C1CC1. The van der Waals surface area contributed by atoms with Crippen LogP contribution in [0.25, 0.3) is 0 Å². The van der Waals surface area contributed by atoms with E-state index < -0.39 is 5.91 Å². The first-order chi connectivity index (χ1) is 9.56. The minimum Gasteiger partial charge on any atom is -0.369 e. The number of hydrogen-bond donors (Lipinski definition) is 1. The fourth-order valence-electron chi connectivity index (χ4n) is 2.23. The lowest BCUT2D eigenvalue weighted by molar-refractivity contribution is -0.133. The molecule has 2 rings (SSSR count). The Bertz CT molecular complexity index is 471. The van der Waals surface area contributed by atoms with Crippen molar-refractivity contribution in [3.8, 4) is 0 Å². The molecular formula is C15H21N3O2. The molecule has 2 N–H and O–H groups in total. The van der Waals surface area contributed by atoms with Gasteiger partial charge in [-0.05, 0) is 25.5 Å². The molecule has 0 radical (unpaired) electrons. The Morgan fingerprint density at radius 3 is 2.40 bits per heavy atom. The number of benzene rings is 1. The summed E-state index contributed by atoms with van der Waals surface area (Å²) < 4.78 is 0. The number of nitrogens with zero attached hydrogens (tertiary/aromatic N) is 2. The molecule has 0 bridgehead atoms. The largest absolute Gasteiger partial charge is 0.369 e. The van der Waals surface area contributed by atoms with Crippen LogP contribution < -0.4 is 5.73 Å². The molecule has 0 saturated heterocycles. The van der Waals surface area contributed by atoms with Crippen LogP contribution in [0.3, 0.4) is 0 Å². The number of nitrogens with two attached hydrogens (primary N) is 1. The van der Waals surface area contributed by atoms with Crippen molar-refractivity contribution in [2.75, 3.05) is 20.1 Å². The second-order valence-corrected chi connectivity index (χ2v) is 5.38. The normalized spacial score (nSPS) is 14.3. The molecule has 0 unspecified atom stereocenters. The predicted octanol–water partition coefficient (Wildman–Crippen LogP) is 0.595. The van der Waals surface area contributed by atoms with Crippen molar-refractivity contribution in [1.29, 1.82) is 0 Å². The van der Waals surface area contributed by atoms with Crippen LogP contribution in [0.4, 0.5) is 0 Å². The number of hydrogen-bond acceptors (Lipinski definition) is 3. The average molecular weight is 275 g/mol. The Labute approximate surface area is 119 Å². The van der Waals surface area contributed by atoms with Gasteiger partial charge in [0.1, 0.15) is 0 Å². The summed E-state index contributed by atoms with van der Waals surface area (Å²) >= 11 is 0. The molecule has 1 fully saturated rings. The maximum atomic E-state index is 12.4. The summed E-state index contributed by atoms with van der Waals surface area (Å²) in [4.78, 5) is 26.8. The summed E-state index contributed by atoms with van der Waals surface area (Å²) in [6, 6.07) is 10.3. The molecule has 0 aromatic heterocycles. The van der Waals surface area contributed by atoms with Crippen LogP contribution in [0.15, 0.2) is 30.3 Å². The van der Waals surface area contributed by atoms with Crippen molar-refractivity contribution in [2.45, 2.75) is 25.4 Å². The lowest BCUT2D eigenvalue weighted by Gasteiger charge is -2.25. The molecule has 0 spiro atoms. The number of primary amides is 1. The molecule has 5 heteroatoms. The van der Waals surface area contributed by atoms with Crippen molar-refractivity contribution in [3.05, 3.63) is 35.9 Å². The Morgan fingerprint density at radius 1 is 1.20 bits per heavy atom. The predicted molar refractivity (Wildman–Crippen MR) is 76.7 cm³/mol. The van der Waals surface area contributed by atoms with E-state index in [-0.39, 0.29) is 19.0 Å². The van der Waals surface area contributed by atoms with E-state index in [9.17, 15) is 9.59 Å². The Hall–Kier alpha value is -1.88. The first-order valence-corrected chi connectivity index (χ1v) is 6.86. The average Bonchev–Trinajstić information content (AvgIpc) is 3.20. The monoisotopic (exact) mass is 275 g/mol. The third kappa shape index (κ3) is 4.35. The highest BCUT2D eigenvalue weighted by molar-refractivity contribution is 5.80. The molecule has 1 aromatic rings. The van der Waals surface area contributed by atoms with Crippen molar-refractivity contribution >= 4 is 11.8 Å².